The Balaban J connectivity index is 2.08. The molecule has 0 bridgehead atoms. The predicted octanol–water partition coefficient (Wildman–Crippen LogP) is -0.652. The number of hydrogen-bond acceptors (Lipinski definition) is 6. The lowest BCUT2D eigenvalue weighted by Gasteiger charge is -2.28. The van der Waals surface area contributed by atoms with E-state index in [0.29, 0.717) is 25.8 Å². The number of likely N-dealkylation sites (tertiary alicyclic amines) is 1. The summed E-state index contributed by atoms with van der Waals surface area (Å²) in [6.07, 6.45) is 1.61. The van der Waals surface area contributed by atoms with E-state index in [1.54, 1.807) is 20.8 Å². The van der Waals surface area contributed by atoms with Crippen LogP contribution in [0.5, 0.6) is 0 Å². The Hall–Kier alpha value is -2.65. The maximum absolute atomic E-state index is 13.0. The quantitative estimate of drug-likeness (QED) is 0.475. The van der Waals surface area contributed by atoms with Crippen LogP contribution in [0.15, 0.2) is 0 Å². The van der Waals surface area contributed by atoms with Crippen LogP contribution >= 0.6 is 0 Å². The number of amides is 4. The van der Waals surface area contributed by atoms with Crippen LogP contribution in [0, 0.1) is 0 Å². The van der Waals surface area contributed by atoms with Crippen LogP contribution in [0.3, 0.4) is 0 Å². The molecule has 3 atom stereocenters. The topological polar surface area (TPSA) is 148 Å². The molecule has 1 unspecified atom stereocenters. The second-order valence-corrected chi connectivity index (χ2v) is 8.44. The molecule has 0 aromatic rings. The van der Waals surface area contributed by atoms with Gasteiger partial charge in [0.25, 0.3) is 0 Å². The average Bonchev–Trinajstić information content (AvgIpc) is 3.25. The molecule has 2 fully saturated rings. The molecule has 0 aromatic heterocycles. The summed E-state index contributed by atoms with van der Waals surface area (Å²) >= 11 is 0. The summed E-state index contributed by atoms with van der Waals surface area (Å²) in [4.78, 5) is 62.0. The number of rotatable bonds is 7. The van der Waals surface area contributed by atoms with Gasteiger partial charge in [-0.25, -0.2) is 0 Å². The van der Waals surface area contributed by atoms with Crippen molar-refractivity contribution in [1.29, 1.82) is 0 Å². The molecular weight excluding hydrogens is 380 g/mol. The first-order chi connectivity index (χ1) is 13.5. The van der Waals surface area contributed by atoms with Gasteiger partial charge in [0, 0.05) is 19.4 Å². The van der Waals surface area contributed by atoms with Crippen LogP contribution < -0.4 is 16.4 Å². The largest absolute Gasteiger partial charge is 0.460 e. The van der Waals surface area contributed by atoms with Crippen LogP contribution in [0.2, 0.25) is 0 Å². The van der Waals surface area contributed by atoms with E-state index in [4.69, 9.17) is 10.5 Å². The van der Waals surface area contributed by atoms with Gasteiger partial charge in [-0.15, -0.1) is 0 Å². The zero-order valence-electron chi connectivity index (χ0n) is 17.2. The number of nitrogens with one attached hydrogen (secondary N) is 2. The van der Waals surface area contributed by atoms with E-state index >= 15 is 0 Å². The first kappa shape index (κ1) is 22.6. The van der Waals surface area contributed by atoms with Gasteiger partial charge in [0.2, 0.25) is 23.6 Å². The fraction of sp³-hybridized carbons (Fsp3) is 0.737. The van der Waals surface area contributed by atoms with E-state index in [9.17, 15) is 24.0 Å². The van der Waals surface area contributed by atoms with Gasteiger partial charge in [-0.3, -0.25) is 24.0 Å². The van der Waals surface area contributed by atoms with Gasteiger partial charge in [0.05, 0.1) is 0 Å². The van der Waals surface area contributed by atoms with Crippen molar-refractivity contribution in [2.45, 2.75) is 83.0 Å². The molecule has 0 saturated carbocycles. The minimum atomic E-state index is -1.02. The Morgan fingerprint density at radius 1 is 1.28 bits per heavy atom. The molecule has 2 saturated heterocycles. The lowest BCUT2D eigenvalue weighted by atomic mass is 10.1. The summed E-state index contributed by atoms with van der Waals surface area (Å²) in [5, 5.41) is 5.18. The normalized spacial score (nSPS) is 22.7. The molecule has 0 aromatic carbocycles. The highest BCUT2D eigenvalue weighted by Crippen LogP contribution is 2.20. The standard InChI is InChI=1S/C19H30N4O6/c1-19(2,3)29-15(25)9-7-12(22-17(27)11-6-8-14(24)21-11)18(28)23-10-4-5-13(23)16(20)26/h11-13H,4-10H2,1-3H3,(H2,20,26)(H,21,24)(H,22,27)/t11-,12?,13-/m0/s1. The van der Waals surface area contributed by atoms with Crippen molar-refractivity contribution in [2.75, 3.05) is 6.54 Å². The summed E-state index contributed by atoms with van der Waals surface area (Å²) in [6.45, 7) is 5.56. The second-order valence-electron chi connectivity index (χ2n) is 8.44. The van der Waals surface area contributed by atoms with Gasteiger partial charge in [0.1, 0.15) is 23.7 Å². The first-order valence-corrected chi connectivity index (χ1v) is 9.89. The Kier molecular flexibility index (Phi) is 7.21. The molecule has 0 radical (unpaired) electrons. The third-order valence-electron chi connectivity index (χ3n) is 4.85. The van der Waals surface area contributed by atoms with Crippen LogP contribution in [-0.2, 0) is 28.7 Å². The smallest absolute Gasteiger partial charge is 0.306 e. The number of carbonyl (C=O) groups excluding carboxylic acids is 5. The van der Waals surface area contributed by atoms with Crippen molar-refractivity contribution >= 4 is 29.6 Å². The summed E-state index contributed by atoms with van der Waals surface area (Å²) < 4.78 is 5.26. The molecule has 2 aliphatic rings. The molecule has 0 spiro atoms. The third-order valence-corrected chi connectivity index (χ3v) is 4.85. The summed E-state index contributed by atoms with van der Waals surface area (Å²) in [5.41, 5.74) is 4.73. The number of hydrogen-bond donors (Lipinski definition) is 3. The Morgan fingerprint density at radius 2 is 1.97 bits per heavy atom. The van der Waals surface area contributed by atoms with Gasteiger partial charge in [-0.2, -0.15) is 0 Å². The van der Waals surface area contributed by atoms with E-state index in [1.165, 1.54) is 4.90 Å². The van der Waals surface area contributed by atoms with Gasteiger partial charge in [0.15, 0.2) is 0 Å². The van der Waals surface area contributed by atoms with Crippen molar-refractivity contribution in [2.24, 2.45) is 5.73 Å². The molecule has 10 nitrogen and oxygen atoms in total. The summed E-state index contributed by atoms with van der Waals surface area (Å²) in [5.74, 6) is -2.28. The van der Waals surface area contributed by atoms with E-state index in [0.717, 1.165) is 0 Å². The number of nitrogens with two attached hydrogens (primary N) is 1. The van der Waals surface area contributed by atoms with Crippen molar-refractivity contribution in [3.05, 3.63) is 0 Å². The maximum atomic E-state index is 13.0. The van der Waals surface area contributed by atoms with Crippen LogP contribution in [0.1, 0.15) is 59.3 Å². The van der Waals surface area contributed by atoms with Crippen LogP contribution in [0.4, 0.5) is 0 Å². The molecule has 162 valence electrons. The number of esters is 1. The molecule has 0 aliphatic carbocycles. The Morgan fingerprint density at radius 3 is 2.52 bits per heavy atom. The second kappa shape index (κ2) is 9.23. The van der Waals surface area contributed by atoms with Gasteiger partial charge >= 0.3 is 5.97 Å². The van der Waals surface area contributed by atoms with E-state index in [2.05, 4.69) is 10.6 Å². The molecule has 10 heteroatoms. The van der Waals surface area contributed by atoms with Crippen molar-refractivity contribution in [3.8, 4) is 0 Å². The number of ether oxygens (including phenoxy) is 1. The molecule has 4 amide bonds. The van der Waals surface area contributed by atoms with Crippen LogP contribution in [-0.4, -0.2) is 64.8 Å². The van der Waals surface area contributed by atoms with E-state index in [1.807, 2.05) is 0 Å². The van der Waals surface area contributed by atoms with E-state index in [-0.39, 0.29) is 25.2 Å². The van der Waals surface area contributed by atoms with Gasteiger partial charge < -0.3 is 26.0 Å². The first-order valence-electron chi connectivity index (χ1n) is 9.89. The average molecular weight is 410 g/mol. The zero-order valence-corrected chi connectivity index (χ0v) is 17.2. The molecule has 2 rings (SSSR count). The van der Waals surface area contributed by atoms with E-state index < -0.39 is 47.4 Å². The molecule has 2 heterocycles. The molecule has 2 aliphatic heterocycles. The van der Waals surface area contributed by atoms with Gasteiger partial charge in [-0.05, 0) is 46.5 Å². The highest BCUT2D eigenvalue weighted by Gasteiger charge is 2.38. The highest BCUT2D eigenvalue weighted by molar-refractivity contribution is 5.95. The Labute approximate surface area is 169 Å². The fourth-order valence-electron chi connectivity index (χ4n) is 3.52. The molecule has 29 heavy (non-hydrogen) atoms. The fourth-order valence-corrected chi connectivity index (χ4v) is 3.52. The predicted molar refractivity (Wildman–Crippen MR) is 102 cm³/mol. The monoisotopic (exact) mass is 410 g/mol. The van der Waals surface area contributed by atoms with Crippen molar-refractivity contribution < 1.29 is 28.7 Å². The summed E-state index contributed by atoms with van der Waals surface area (Å²) in [7, 11) is 0. The zero-order chi connectivity index (χ0) is 21.8. The number of carbonyl (C=O) groups is 5. The molecular formula is C19H30N4O6. The minimum Gasteiger partial charge on any atom is -0.460 e. The SMILES string of the molecule is CC(C)(C)OC(=O)CCC(NC(=O)[C@@H]1CCC(=O)N1)C(=O)N1CCC[C@H]1C(N)=O. The molecule has 4 N–H and O–H groups in total. The van der Waals surface area contributed by atoms with Gasteiger partial charge in [-0.1, -0.05) is 0 Å². The Bertz CT molecular complexity index is 687. The van der Waals surface area contributed by atoms with Crippen LogP contribution in [0.25, 0.3) is 0 Å². The van der Waals surface area contributed by atoms with Crippen molar-refractivity contribution in [1.82, 2.24) is 15.5 Å². The van der Waals surface area contributed by atoms with Crippen molar-refractivity contribution in [3.63, 3.8) is 0 Å². The highest BCUT2D eigenvalue weighted by atomic mass is 16.6. The number of primary amides is 1. The lowest BCUT2D eigenvalue weighted by molar-refractivity contribution is -0.155. The number of nitrogens with zero attached hydrogens (tertiary/aromatic N) is 1. The lowest BCUT2D eigenvalue weighted by Crippen LogP contribution is -2.55. The maximum Gasteiger partial charge on any atom is 0.306 e. The summed E-state index contributed by atoms with van der Waals surface area (Å²) in [6, 6.07) is -2.47. The minimum absolute atomic E-state index is 0.0160. The third kappa shape index (κ3) is 6.43.